The Morgan fingerprint density at radius 2 is 1.79 bits per heavy atom. The summed E-state index contributed by atoms with van der Waals surface area (Å²) >= 11 is 2.70. The van der Waals surface area contributed by atoms with Crippen molar-refractivity contribution >= 4 is 45.7 Å². The van der Waals surface area contributed by atoms with Gasteiger partial charge in [0.15, 0.2) is 27.3 Å². The summed E-state index contributed by atoms with van der Waals surface area (Å²) < 4.78 is 24.0. The van der Waals surface area contributed by atoms with Crippen LogP contribution in [-0.2, 0) is 15.3 Å². The van der Waals surface area contributed by atoms with E-state index in [4.69, 9.17) is 18.9 Å². The summed E-state index contributed by atoms with van der Waals surface area (Å²) in [5, 5.41) is 20.6. The Kier molecular flexibility index (Phi) is 9.98. The Bertz CT molecular complexity index is 1790. The highest BCUT2D eigenvalue weighted by molar-refractivity contribution is 8.00. The van der Waals surface area contributed by atoms with Gasteiger partial charge in [0.1, 0.15) is 19.0 Å². The smallest absolute Gasteiger partial charge is 0.301 e. The molecule has 0 radical (unpaired) electrons. The molecule has 3 aromatic carbocycles. The number of aliphatic hydroxyl groups is 1. The van der Waals surface area contributed by atoms with Crippen LogP contribution >= 0.6 is 23.1 Å². The van der Waals surface area contributed by atoms with Crippen molar-refractivity contribution in [3.05, 3.63) is 89.0 Å². The summed E-state index contributed by atoms with van der Waals surface area (Å²) in [6.45, 7) is 7.77. The number of hydrogen-bond acceptors (Lipinski definition) is 11. The molecule has 244 valence electrons. The number of aromatic nitrogens is 2. The number of rotatable bonds is 12. The maximum atomic E-state index is 13.8. The lowest BCUT2D eigenvalue weighted by molar-refractivity contribution is -0.132. The van der Waals surface area contributed by atoms with E-state index in [2.05, 4.69) is 24.0 Å². The van der Waals surface area contributed by atoms with Crippen molar-refractivity contribution in [3.8, 4) is 23.0 Å². The number of carbonyl (C=O) groups excluding carboxylic acids is 2. The minimum Gasteiger partial charge on any atom is -0.507 e. The van der Waals surface area contributed by atoms with Crippen LogP contribution < -0.4 is 23.8 Å². The SMILES string of the molecule is CCOc1cc([C@@H]2C(=C(O)c3ccc4c(c3)OCCO4)C(=O)C(=O)N2c2nnc(SCc3ccccc3)s2)ccc1OCCC(C)C. The van der Waals surface area contributed by atoms with Crippen LogP contribution in [0.15, 0.2) is 76.6 Å². The van der Waals surface area contributed by atoms with Crippen molar-refractivity contribution < 1.29 is 33.6 Å². The first-order valence-corrected chi connectivity index (χ1v) is 17.2. The van der Waals surface area contributed by atoms with Crippen molar-refractivity contribution in [2.45, 2.75) is 43.3 Å². The third kappa shape index (κ3) is 7.08. The number of carbonyl (C=O) groups is 2. The van der Waals surface area contributed by atoms with Gasteiger partial charge in [0.05, 0.1) is 24.8 Å². The molecule has 47 heavy (non-hydrogen) atoms. The van der Waals surface area contributed by atoms with Crippen molar-refractivity contribution in [1.82, 2.24) is 10.2 Å². The first-order chi connectivity index (χ1) is 22.8. The lowest BCUT2D eigenvalue weighted by Crippen LogP contribution is -2.29. The van der Waals surface area contributed by atoms with Gasteiger partial charge in [-0.25, -0.2) is 0 Å². The summed E-state index contributed by atoms with van der Waals surface area (Å²) in [6.07, 6.45) is 0.866. The van der Waals surface area contributed by atoms with Gasteiger partial charge in [-0.1, -0.05) is 73.3 Å². The van der Waals surface area contributed by atoms with Gasteiger partial charge in [-0.3, -0.25) is 14.5 Å². The number of ether oxygens (including phenoxy) is 4. The highest BCUT2D eigenvalue weighted by Crippen LogP contribution is 2.46. The highest BCUT2D eigenvalue weighted by Gasteiger charge is 2.48. The zero-order valence-electron chi connectivity index (χ0n) is 26.3. The Balaban J connectivity index is 1.41. The van der Waals surface area contributed by atoms with E-state index in [9.17, 15) is 14.7 Å². The molecular weight excluding hydrogens is 639 g/mol. The van der Waals surface area contributed by atoms with E-state index in [1.807, 2.05) is 37.3 Å². The fraction of sp³-hybridized carbons (Fsp3) is 0.314. The first kappa shape index (κ1) is 32.4. The van der Waals surface area contributed by atoms with Crippen LogP contribution in [0, 0.1) is 5.92 Å². The summed E-state index contributed by atoms with van der Waals surface area (Å²) in [7, 11) is 0. The molecule has 10 nitrogen and oxygen atoms in total. The standard InChI is InChI=1S/C35H35N3O7S2/c1-4-42-27-18-23(10-12-25(27)43-15-14-21(2)3)30-29(31(39)24-11-13-26-28(19-24)45-17-16-44-26)32(40)33(41)38(30)34-36-37-35(47-34)46-20-22-8-6-5-7-9-22/h5-13,18-19,21,30,39H,4,14-17,20H2,1-3H3/t30-/m1/s1. The number of Topliss-reactive ketones (excluding diaryl/α,β-unsaturated/α-hetero) is 1. The lowest BCUT2D eigenvalue weighted by atomic mass is 9.95. The van der Waals surface area contributed by atoms with Crippen LogP contribution in [0.2, 0.25) is 0 Å². The number of benzene rings is 3. The summed E-state index contributed by atoms with van der Waals surface area (Å²) in [5.74, 6) is 1.12. The molecule has 1 fully saturated rings. The second kappa shape index (κ2) is 14.5. The molecule has 0 spiro atoms. The van der Waals surface area contributed by atoms with Gasteiger partial charge < -0.3 is 24.1 Å². The zero-order valence-corrected chi connectivity index (χ0v) is 27.9. The quantitative estimate of drug-likeness (QED) is 0.0551. The van der Waals surface area contributed by atoms with Gasteiger partial charge in [0, 0.05) is 11.3 Å². The number of fused-ring (bicyclic) bond motifs is 1. The molecule has 4 aromatic rings. The molecule has 3 heterocycles. The lowest BCUT2D eigenvalue weighted by Gasteiger charge is -2.24. The van der Waals surface area contributed by atoms with E-state index in [1.54, 1.807) is 36.4 Å². The molecule has 6 rings (SSSR count). The first-order valence-electron chi connectivity index (χ1n) is 15.4. The van der Waals surface area contributed by atoms with Crippen LogP contribution in [0.5, 0.6) is 23.0 Å². The highest BCUT2D eigenvalue weighted by atomic mass is 32.2. The molecule has 0 aliphatic carbocycles. The van der Waals surface area contributed by atoms with E-state index in [-0.39, 0.29) is 16.5 Å². The molecule has 0 bridgehead atoms. The zero-order chi connectivity index (χ0) is 32.9. The molecule has 1 aromatic heterocycles. The normalized spacial score (nSPS) is 16.9. The Hall–Kier alpha value is -4.55. The van der Waals surface area contributed by atoms with Gasteiger partial charge in [0.25, 0.3) is 5.78 Å². The predicted octanol–water partition coefficient (Wildman–Crippen LogP) is 7.05. The van der Waals surface area contributed by atoms with Gasteiger partial charge in [-0.15, -0.1) is 10.2 Å². The van der Waals surface area contributed by atoms with E-state index in [1.165, 1.54) is 28.0 Å². The molecular formula is C35H35N3O7S2. The molecule has 2 aliphatic rings. The second-order valence-corrected chi connectivity index (χ2v) is 13.5. The third-order valence-electron chi connectivity index (χ3n) is 7.60. The Morgan fingerprint density at radius 3 is 2.55 bits per heavy atom. The third-order valence-corrected chi connectivity index (χ3v) is 9.73. The van der Waals surface area contributed by atoms with Crippen LogP contribution in [0.4, 0.5) is 5.13 Å². The number of ketones is 1. The van der Waals surface area contributed by atoms with Crippen LogP contribution in [-0.4, -0.2) is 53.4 Å². The average Bonchev–Trinajstić information content (AvgIpc) is 3.65. The molecule has 12 heteroatoms. The predicted molar refractivity (Wildman–Crippen MR) is 181 cm³/mol. The van der Waals surface area contributed by atoms with E-state index in [0.29, 0.717) is 76.6 Å². The number of nitrogens with zero attached hydrogens (tertiary/aromatic N) is 3. The molecule has 0 unspecified atom stereocenters. The summed E-state index contributed by atoms with van der Waals surface area (Å²) in [4.78, 5) is 28.9. The van der Waals surface area contributed by atoms with Crippen molar-refractivity contribution in [3.63, 3.8) is 0 Å². The Morgan fingerprint density at radius 1 is 1.00 bits per heavy atom. The topological polar surface area (TPSA) is 120 Å². The maximum Gasteiger partial charge on any atom is 0.301 e. The van der Waals surface area contributed by atoms with Gasteiger partial charge in [-0.05, 0) is 60.7 Å². The van der Waals surface area contributed by atoms with E-state index >= 15 is 0 Å². The summed E-state index contributed by atoms with van der Waals surface area (Å²) in [5.41, 5.74) is 1.88. The maximum absolute atomic E-state index is 13.8. The van der Waals surface area contributed by atoms with Gasteiger partial charge >= 0.3 is 5.91 Å². The van der Waals surface area contributed by atoms with Crippen molar-refractivity contribution in [2.24, 2.45) is 5.92 Å². The minimum absolute atomic E-state index is 0.0868. The van der Waals surface area contributed by atoms with Crippen molar-refractivity contribution in [1.29, 1.82) is 0 Å². The van der Waals surface area contributed by atoms with Gasteiger partial charge in [0.2, 0.25) is 5.13 Å². The number of aliphatic hydroxyl groups excluding tert-OH is 1. The van der Waals surface area contributed by atoms with Crippen LogP contribution in [0.1, 0.15) is 49.9 Å². The monoisotopic (exact) mass is 673 g/mol. The number of thioether (sulfide) groups is 1. The van der Waals surface area contributed by atoms with E-state index in [0.717, 1.165) is 12.0 Å². The fourth-order valence-corrected chi connectivity index (χ4v) is 7.08. The number of hydrogen-bond donors (Lipinski definition) is 1. The molecule has 1 saturated heterocycles. The van der Waals surface area contributed by atoms with Crippen LogP contribution in [0.25, 0.3) is 5.76 Å². The minimum atomic E-state index is -1.02. The number of amides is 1. The molecule has 1 amide bonds. The van der Waals surface area contributed by atoms with Gasteiger partial charge in [-0.2, -0.15) is 0 Å². The van der Waals surface area contributed by atoms with Crippen molar-refractivity contribution in [2.75, 3.05) is 31.3 Å². The molecule has 2 aliphatic heterocycles. The van der Waals surface area contributed by atoms with E-state index < -0.39 is 17.7 Å². The molecule has 1 atom stereocenters. The fourth-order valence-electron chi connectivity index (χ4n) is 5.26. The Labute approximate surface area is 281 Å². The molecule has 1 N–H and O–H groups in total. The summed E-state index contributed by atoms with van der Waals surface area (Å²) in [6, 6.07) is 19.1. The second-order valence-electron chi connectivity index (χ2n) is 11.3. The van der Waals surface area contributed by atoms with Crippen LogP contribution in [0.3, 0.4) is 0 Å². The molecule has 0 saturated carbocycles. The average molecular weight is 674 g/mol. The number of anilines is 1. The largest absolute Gasteiger partial charge is 0.507 e.